The molecule has 0 bridgehead atoms. The number of aryl methyl sites for hydroxylation is 2. The van der Waals surface area contributed by atoms with Gasteiger partial charge < -0.3 is 9.64 Å². The molecule has 0 aliphatic carbocycles. The maximum Gasteiger partial charge on any atom is 0.131 e. The van der Waals surface area contributed by atoms with Crippen LogP contribution in [-0.4, -0.2) is 34.1 Å². The van der Waals surface area contributed by atoms with Crippen molar-refractivity contribution in [3.8, 4) is 0 Å². The van der Waals surface area contributed by atoms with Crippen LogP contribution in [-0.2, 0) is 17.7 Å². The van der Waals surface area contributed by atoms with Crippen molar-refractivity contribution in [3.63, 3.8) is 0 Å². The second-order valence-corrected chi connectivity index (χ2v) is 6.89. The third-order valence-electron chi connectivity index (χ3n) is 3.44. The fourth-order valence-electron chi connectivity index (χ4n) is 3.18. The summed E-state index contributed by atoms with van der Waals surface area (Å²) in [6, 6.07) is 0. The van der Waals surface area contributed by atoms with E-state index in [1.807, 2.05) is 18.7 Å². The first-order valence-electron chi connectivity index (χ1n) is 6.69. The summed E-state index contributed by atoms with van der Waals surface area (Å²) in [5.41, 5.74) is 1.78. The van der Waals surface area contributed by atoms with E-state index < -0.39 is 0 Å². The molecule has 108 valence electrons. The average Bonchev–Trinajstić information content (AvgIpc) is 2.47. The molecular formula is C14H24ClN3O. The number of rotatable bonds is 2. The molecule has 2 heterocycles. The molecule has 0 amide bonds. The van der Waals surface area contributed by atoms with E-state index >= 15 is 0 Å². The number of aromatic nitrogens is 2. The molecule has 5 heteroatoms. The molecule has 0 radical (unpaired) electrons. The van der Waals surface area contributed by atoms with Crippen LogP contribution in [0.5, 0.6) is 0 Å². The van der Waals surface area contributed by atoms with Crippen molar-refractivity contribution in [3.05, 3.63) is 11.3 Å². The summed E-state index contributed by atoms with van der Waals surface area (Å²) >= 11 is 6.10. The highest BCUT2D eigenvalue weighted by Crippen LogP contribution is 2.34. The minimum atomic E-state index is -0.177. The Labute approximate surface area is 120 Å². The first kappa shape index (κ1) is 14.7. The third kappa shape index (κ3) is 2.90. The predicted molar refractivity (Wildman–Crippen MR) is 79.0 cm³/mol. The van der Waals surface area contributed by atoms with Crippen LogP contribution in [0.25, 0.3) is 0 Å². The molecule has 1 aromatic heterocycles. The lowest BCUT2D eigenvalue weighted by Crippen LogP contribution is -2.57. The van der Waals surface area contributed by atoms with Gasteiger partial charge in [-0.15, -0.1) is 11.6 Å². The number of hydrogen-bond acceptors (Lipinski definition) is 3. The van der Waals surface area contributed by atoms with Gasteiger partial charge in [0.25, 0.3) is 0 Å². The molecule has 0 spiro atoms. The SMILES string of the molecule is Cc1nn(C)c(N2CC(C)(C)OC(C)(C)C2)c1CCl. The summed E-state index contributed by atoms with van der Waals surface area (Å²) in [5.74, 6) is 1.62. The van der Waals surface area contributed by atoms with E-state index in [2.05, 4.69) is 37.7 Å². The van der Waals surface area contributed by atoms with Crippen molar-refractivity contribution < 1.29 is 4.74 Å². The maximum atomic E-state index is 6.13. The van der Waals surface area contributed by atoms with E-state index in [-0.39, 0.29) is 11.2 Å². The normalized spacial score (nSPS) is 21.7. The highest BCUT2D eigenvalue weighted by Gasteiger charge is 2.39. The number of morpholine rings is 1. The molecule has 0 N–H and O–H groups in total. The molecule has 0 aromatic carbocycles. The van der Waals surface area contributed by atoms with Crippen molar-refractivity contribution in [1.82, 2.24) is 9.78 Å². The molecule has 1 saturated heterocycles. The van der Waals surface area contributed by atoms with Crippen LogP contribution in [0.3, 0.4) is 0 Å². The Hall–Kier alpha value is -0.740. The quantitative estimate of drug-likeness (QED) is 0.783. The summed E-state index contributed by atoms with van der Waals surface area (Å²) in [6.07, 6.45) is 0. The van der Waals surface area contributed by atoms with Crippen molar-refractivity contribution in [2.45, 2.75) is 51.7 Å². The Balaban J connectivity index is 2.41. The van der Waals surface area contributed by atoms with Crippen LogP contribution < -0.4 is 4.90 Å². The maximum absolute atomic E-state index is 6.13. The van der Waals surface area contributed by atoms with Crippen molar-refractivity contribution in [1.29, 1.82) is 0 Å². The molecule has 19 heavy (non-hydrogen) atoms. The van der Waals surface area contributed by atoms with Crippen LogP contribution in [0.1, 0.15) is 39.0 Å². The van der Waals surface area contributed by atoms with E-state index in [0.717, 1.165) is 30.2 Å². The summed E-state index contributed by atoms with van der Waals surface area (Å²) in [6.45, 7) is 12.2. The van der Waals surface area contributed by atoms with Crippen molar-refractivity contribution >= 4 is 17.4 Å². The fourth-order valence-corrected chi connectivity index (χ4v) is 3.49. The topological polar surface area (TPSA) is 30.3 Å². The van der Waals surface area contributed by atoms with Crippen LogP contribution in [0.4, 0.5) is 5.82 Å². The van der Waals surface area contributed by atoms with Gasteiger partial charge in [0.15, 0.2) is 0 Å². The van der Waals surface area contributed by atoms with Crippen LogP contribution in [0.15, 0.2) is 0 Å². The molecule has 1 aromatic rings. The minimum absolute atomic E-state index is 0.177. The number of hydrogen-bond donors (Lipinski definition) is 0. The lowest BCUT2D eigenvalue weighted by molar-refractivity contribution is -0.133. The van der Waals surface area contributed by atoms with E-state index in [0.29, 0.717) is 5.88 Å². The zero-order chi connectivity index (χ0) is 14.4. The molecule has 1 aliphatic rings. The Morgan fingerprint density at radius 2 is 1.74 bits per heavy atom. The zero-order valence-corrected chi connectivity index (χ0v) is 13.5. The zero-order valence-electron chi connectivity index (χ0n) is 12.7. The van der Waals surface area contributed by atoms with Gasteiger partial charge >= 0.3 is 0 Å². The van der Waals surface area contributed by atoms with Crippen LogP contribution in [0.2, 0.25) is 0 Å². The lowest BCUT2D eigenvalue weighted by atomic mass is 9.98. The first-order chi connectivity index (χ1) is 8.65. The largest absolute Gasteiger partial charge is 0.366 e. The van der Waals surface area contributed by atoms with Crippen molar-refractivity contribution in [2.24, 2.45) is 7.05 Å². The van der Waals surface area contributed by atoms with Gasteiger partial charge in [-0.1, -0.05) is 0 Å². The summed E-state index contributed by atoms with van der Waals surface area (Å²) < 4.78 is 8.06. The predicted octanol–water partition coefficient (Wildman–Crippen LogP) is 2.86. The number of alkyl halides is 1. The van der Waals surface area contributed by atoms with Gasteiger partial charge in [0.2, 0.25) is 0 Å². The van der Waals surface area contributed by atoms with Gasteiger partial charge in [-0.25, -0.2) is 0 Å². The van der Waals surface area contributed by atoms with Gasteiger partial charge in [0.05, 0.1) is 22.8 Å². The molecule has 4 nitrogen and oxygen atoms in total. The van der Waals surface area contributed by atoms with E-state index in [4.69, 9.17) is 16.3 Å². The minimum Gasteiger partial charge on any atom is -0.366 e. The lowest BCUT2D eigenvalue weighted by Gasteiger charge is -2.48. The van der Waals surface area contributed by atoms with Crippen LogP contribution >= 0.6 is 11.6 Å². The molecule has 1 fully saturated rings. The molecule has 1 aliphatic heterocycles. The summed E-state index contributed by atoms with van der Waals surface area (Å²) in [5, 5.41) is 4.50. The fraction of sp³-hybridized carbons (Fsp3) is 0.786. The van der Waals surface area contributed by atoms with Crippen molar-refractivity contribution in [2.75, 3.05) is 18.0 Å². The average molecular weight is 286 g/mol. The molecular weight excluding hydrogens is 262 g/mol. The summed E-state index contributed by atoms with van der Waals surface area (Å²) in [7, 11) is 1.98. The summed E-state index contributed by atoms with van der Waals surface area (Å²) in [4.78, 5) is 2.35. The second-order valence-electron chi connectivity index (χ2n) is 6.62. The Morgan fingerprint density at radius 1 is 1.21 bits per heavy atom. The highest BCUT2D eigenvalue weighted by molar-refractivity contribution is 6.17. The van der Waals surface area contributed by atoms with Gasteiger partial charge in [-0.05, 0) is 34.6 Å². The molecule has 0 saturated carbocycles. The highest BCUT2D eigenvalue weighted by atomic mass is 35.5. The number of ether oxygens (including phenoxy) is 1. The smallest absolute Gasteiger partial charge is 0.131 e. The molecule has 0 unspecified atom stereocenters. The second kappa shape index (κ2) is 4.67. The Bertz CT molecular complexity index is 463. The van der Waals surface area contributed by atoms with Gasteiger partial charge in [-0.3, -0.25) is 4.68 Å². The Kier molecular flexibility index (Phi) is 3.60. The van der Waals surface area contributed by atoms with Crippen LogP contribution in [0, 0.1) is 6.92 Å². The monoisotopic (exact) mass is 285 g/mol. The first-order valence-corrected chi connectivity index (χ1v) is 7.22. The number of anilines is 1. The standard InChI is InChI=1S/C14H24ClN3O/c1-10-11(7-15)12(17(6)16-10)18-8-13(2,3)19-14(4,5)9-18/h7-9H2,1-6H3. The van der Waals surface area contributed by atoms with E-state index in [1.165, 1.54) is 0 Å². The van der Waals surface area contributed by atoms with Gasteiger partial charge in [0, 0.05) is 25.7 Å². The number of nitrogens with zero attached hydrogens (tertiary/aromatic N) is 3. The Morgan fingerprint density at radius 3 is 2.21 bits per heavy atom. The van der Waals surface area contributed by atoms with E-state index in [1.54, 1.807) is 0 Å². The van der Waals surface area contributed by atoms with Gasteiger partial charge in [0.1, 0.15) is 5.82 Å². The molecule has 2 rings (SSSR count). The van der Waals surface area contributed by atoms with Gasteiger partial charge in [-0.2, -0.15) is 5.10 Å². The molecule has 0 atom stereocenters. The van der Waals surface area contributed by atoms with E-state index in [9.17, 15) is 0 Å². The number of halogens is 1. The third-order valence-corrected chi connectivity index (χ3v) is 3.71.